The Bertz CT molecular complexity index is 2360. The third kappa shape index (κ3) is 11.4. The van der Waals surface area contributed by atoms with Crippen LogP contribution in [0.5, 0.6) is 0 Å². The standard InChI is InChI=1S/2C30H24P2.Pt/c2*1-5-15-25(16-6-1)31(26-17-7-2-8-18-26)29-23-13-14-24-30(29)32(27-19-9-3-10-20-27)28-21-11-4-12-22-28;/h2*1-24H;/p+4. The van der Waals surface area contributed by atoms with E-state index in [2.05, 4.69) is 291 Å². The molecule has 0 bridgehead atoms. The van der Waals surface area contributed by atoms with Gasteiger partial charge >= 0.3 is 0 Å². The van der Waals surface area contributed by atoms with Crippen molar-refractivity contribution in [3.8, 4) is 0 Å². The van der Waals surface area contributed by atoms with Gasteiger partial charge < -0.3 is 0 Å². The van der Waals surface area contributed by atoms with Crippen LogP contribution in [-0.4, -0.2) is 0 Å². The molecule has 65 heavy (non-hydrogen) atoms. The molecule has 0 aliphatic rings. The van der Waals surface area contributed by atoms with E-state index in [0.717, 1.165) is 0 Å². The van der Waals surface area contributed by atoms with Gasteiger partial charge in [-0.25, -0.2) is 0 Å². The van der Waals surface area contributed by atoms with Crippen molar-refractivity contribution in [2.75, 3.05) is 0 Å². The van der Waals surface area contributed by atoms with Crippen molar-refractivity contribution in [2.24, 2.45) is 0 Å². The fourth-order valence-electron chi connectivity index (χ4n) is 8.59. The Morgan fingerprint density at radius 2 is 0.246 bits per heavy atom. The number of rotatable bonds is 12. The van der Waals surface area contributed by atoms with Crippen LogP contribution >= 0.6 is 31.7 Å². The van der Waals surface area contributed by atoms with Gasteiger partial charge in [0.15, 0.2) is 0 Å². The first-order valence-corrected chi connectivity index (χ1v) is 27.9. The second kappa shape index (κ2) is 23.7. The molecule has 318 valence electrons. The average molecular weight is 1090 g/mol. The zero-order valence-electron chi connectivity index (χ0n) is 36.0. The van der Waals surface area contributed by atoms with Crippen LogP contribution in [0.25, 0.3) is 0 Å². The second-order valence-electron chi connectivity index (χ2n) is 15.5. The summed E-state index contributed by atoms with van der Waals surface area (Å²) >= 11 is 0. The molecule has 0 nitrogen and oxygen atoms in total. The summed E-state index contributed by atoms with van der Waals surface area (Å²) in [5, 5.41) is 17.4. The Morgan fingerprint density at radius 1 is 0.138 bits per heavy atom. The van der Waals surface area contributed by atoms with E-state index in [4.69, 9.17) is 0 Å². The van der Waals surface area contributed by atoms with Crippen LogP contribution < -0.4 is 63.7 Å². The molecule has 0 amide bonds. The van der Waals surface area contributed by atoms with Gasteiger partial charge in [0, 0.05) is 21.1 Å². The molecule has 0 spiro atoms. The van der Waals surface area contributed by atoms with Gasteiger partial charge in [0.25, 0.3) is 0 Å². The Balaban J connectivity index is 0.000000175. The molecular weight excluding hydrogens is 1040 g/mol. The molecule has 0 unspecified atom stereocenters. The van der Waals surface area contributed by atoms with Crippen LogP contribution in [-0.2, 0) is 21.1 Å². The van der Waals surface area contributed by atoms with Crippen LogP contribution in [0, 0.1) is 0 Å². The van der Waals surface area contributed by atoms with Crippen molar-refractivity contribution >= 4 is 95.3 Å². The first-order chi connectivity index (χ1) is 31.8. The van der Waals surface area contributed by atoms with E-state index in [0.29, 0.717) is 0 Å². The van der Waals surface area contributed by atoms with Crippen molar-refractivity contribution in [3.05, 3.63) is 291 Å². The van der Waals surface area contributed by atoms with E-state index in [1.54, 1.807) is 0 Å². The summed E-state index contributed by atoms with van der Waals surface area (Å²) in [6.45, 7) is 0. The molecule has 0 aliphatic carbocycles. The van der Waals surface area contributed by atoms with Crippen LogP contribution in [0.2, 0.25) is 0 Å². The van der Waals surface area contributed by atoms with Crippen molar-refractivity contribution in [3.63, 3.8) is 0 Å². The van der Waals surface area contributed by atoms with Crippen LogP contribution in [0.3, 0.4) is 0 Å². The largest absolute Gasteiger partial charge is 0.144 e. The van der Waals surface area contributed by atoms with E-state index in [1.807, 2.05) is 0 Å². The molecular formula is C60H52P4Pt+4. The Kier molecular flexibility index (Phi) is 16.8. The Labute approximate surface area is 404 Å². The van der Waals surface area contributed by atoms with E-state index in [1.165, 1.54) is 63.7 Å². The summed E-state index contributed by atoms with van der Waals surface area (Å²) in [7, 11) is -4.56. The molecule has 10 aromatic carbocycles. The minimum Gasteiger partial charge on any atom is -0.0620 e. The number of benzene rings is 10. The molecule has 10 rings (SSSR count). The van der Waals surface area contributed by atoms with E-state index >= 15 is 0 Å². The fraction of sp³-hybridized carbons (Fsp3) is 0. The summed E-state index contributed by atoms with van der Waals surface area (Å²) in [4.78, 5) is 0. The van der Waals surface area contributed by atoms with Crippen LogP contribution in [0.15, 0.2) is 291 Å². The summed E-state index contributed by atoms with van der Waals surface area (Å²) in [6, 6.07) is 107. The molecule has 0 saturated carbocycles. The van der Waals surface area contributed by atoms with Gasteiger partial charge in [-0.2, -0.15) is 0 Å². The third-order valence-electron chi connectivity index (χ3n) is 11.4. The zero-order chi connectivity index (χ0) is 43.2. The quantitative estimate of drug-likeness (QED) is 0.107. The molecule has 10 aromatic rings. The predicted molar refractivity (Wildman–Crippen MR) is 293 cm³/mol. The van der Waals surface area contributed by atoms with Gasteiger partial charge in [-0.15, -0.1) is 0 Å². The van der Waals surface area contributed by atoms with Crippen molar-refractivity contribution < 1.29 is 21.1 Å². The first-order valence-electron chi connectivity index (χ1n) is 21.9. The summed E-state index contributed by atoms with van der Waals surface area (Å²) in [5.74, 6) is 0. The van der Waals surface area contributed by atoms with E-state index in [-0.39, 0.29) is 21.1 Å². The molecule has 0 radical (unpaired) electrons. The van der Waals surface area contributed by atoms with Crippen molar-refractivity contribution in [1.29, 1.82) is 0 Å². The summed E-state index contributed by atoms with van der Waals surface area (Å²) in [6.07, 6.45) is 0. The predicted octanol–water partition coefficient (Wildman–Crippen LogP) is 9.33. The van der Waals surface area contributed by atoms with Crippen molar-refractivity contribution in [2.45, 2.75) is 0 Å². The number of hydrogen-bond donors (Lipinski definition) is 0. The Morgan fingerprint density at radius 3 is 0.369 bits per heavy atom. The van der Waals surface area contributed by atoms with E-state index in [9.17, 15) is 0 Å². The fourth-order valence-corrected chi connectivity index (χ4v) is 20.6. The minimum atomic E-state index is -1.14. The van der Waals surface area contributed by atoms with Gasteiger partial charge in [-0.3, -0.25) is 0 Å². The molecule has 0 N–H and O–H groups in total. The van der Waals surface area contributed by atoms with Gasteiger partial charge in [-0.1, -0.05) is 170 Å². The third-order valence-corrected chi connectivity index (χ3v) is 23.1. The van der Waals surface area contributed by atoms with Crippen LogP contribution in [0.4, 0.5) is 0 Å². The van der Waals surface area contributed by atoms with Crippen molar-refractivity contribution in [1.82, 2.24) is 0 Å². The van der Waals surface area contributed by atoms with Gasteiger partial charge in [0.1, 0.15) is 95.3 Å². The normalized spacial score (nSPS) is 10.9. The Hall–Kier alpha value is -5.39. The van der Waals surface area contributed by atoms with Gasteiger partial charge in [0.2, 0.25) is 0 Å². The molecule has 5 heteroatoms. The summed E-state index contributed by atoms with van der Waals surface area (Å²) in [5.41, 5.74) is 0. The maximum atomic E-state index is 2.38. The maximum Gasteiger partial charge on any atom is 0.144 e. The molecule has 0 aliphatic heterocycles. The smallest absolute Gasteiger partial charge is 0.0620 e. The molecule has 0 aromatic heterocycles. The molecule has 0 heterocycles. The van der Waals surface area contributed by atoms with Crippen LogP contribution in [0.1, 0.15) is 0 Å². The molecule has 0 fully saturated rings. The molecule has 0 atom stereocenters. The maximum absolute atomic E-state index is 2.38. The van der Waals surface area contributed by atoms with E-state index < -0.39 is 31.7 Å². The van der Waals surface area contributed by atoms with Gasteiger partial charge in [-0.05, 0) is 121 Å². The SMILES string of the molecule is [Pt].c1ccc([PH+](c2ccccc2)c2ccccc2[PH+](c2ccccc2)c2ccccc2)cc1.c1ccc([PH+](c2ccccc2)c2ccccc2[PH+](c2ccccc2)c2ccccc2)cc1. The molecule has 0 saturated heterocycles. The first kappa shape index (κ1) is 46.1. The minimum absolute atomic E-state index is 0. The zero-order valence-corrected chi connectivity index (χ0v) is 42.3. The average Bonchev–Trinajstić information content (AvgIpc) is 3.38. The van der Waals surface area contributed by atoms with Gasteiger partial charge in [0.05, 0.1) is 0 Å². The monoisotopic (exact) mass is 1090 g/mol. The topological polar surface area (TPSA) is 0 Å². The number of hydrogen-bond acceptors (Lipinski definition) is 0. The second-order valence-corrected chi connectivity index (χ2v) is 25.3. The summed E-state index contributed by atoms with van der Waals surface area (Å²) < 4.78 is 0.